The predicted octanol–water partition coefficient (Wildman–Crippen LogP) is 1.02. The molecule has 0 aromatic heterocycles. The molecule has 0 radical (unpaired) electrons. The summed E-state index contributed by atoms with van der Waals surface area (Å²) in [5.41, 5.74) is 3.78. The number of rotatable bonds is 3. The van der Waals surface area contributed by atoms with E-state index in [4.69, 9.17) is 10.5 Å². The van der Waals surface area contributed by atoms with Crippen LogP contribution in [0.3, 0.4) is 0 Å². The highest BCUT2D eigenvalue weighted by atomic mass is 16.6. The van der Waals surface area contributed by atoms with Gasteiger partial charge in [-0.3, -0.25) is 4.79 Å². The molecule has 0 aromatic rings. The molecule has 0 aromatic carbocycles. The van der Waals surface area contributed by atoms with Gasteiger partial charge in [0.05, 0.1) is 0 Å². The molecule has 0 bridgehead atoms. The van der Waals surface area contributed by atoms with Gasteiger partial charge in [-0.25, -0.2) is 0 Å². The van der Waals surface area contributed by atoms with Gasteiger partial charge in [0.1, 0.15) is 17.2 Å². The van der Waals surface area contributed by atoms with Crippen molar-refractivity contribution in [3.8, 4) is 0 Å². The molecule has 3 N–H and O–H groups in total. The third-order valence-electron chi connectivity index (χ3n) is 2.25. The summed E-state index contributed by atoms with van der Waals surface area (Å²) in [6.07, 6.45) is -0.748. The maximum atomic E-state index is 11.7. The van der Waals surface area contributed by atoms with E-state index < -0.39 is 23.2 Å². The van der Waals surface area contributed by atoms with Crippen molar-refractivity contribution >= 4 is 5.97 Å². The lowest BCUT2D eigenvalue weighted by Crippen LogP contribution is -2.47. The van der Waals surface area contributed by atoms with Crippen LogP contribution in [0.2, 0.25) is 0 Å². The molecule has 0 fully saturated rings. The fourth-order valence-electron chi connectivity index (χ4n) is 0.869. The van der Waals surface area contributed by atoms with E-state index in [9.17, 15) is 9.90 Å². The van der Waals surface area contributed by atoms with Gasteiger partial charge < -0.3 is 15.6 Å². The van der Waals surface area contributed by atoms with Crippen molar-refractivity contribution in [3.05, 3.63) is 0 Å². The molecule has 2 unspecified atom stereocenters. The summed E-state index contributed by atoms with van der Waals surface area (Å²) < 4.78 is 5.18. The van der Waals surface area contributed by atoms with Crippen molar-refractivity contribution in [1.82, 2.24) is 0 Å². The SMILES string of the molecule is CCC(C)(C(=O)OC(C)(C)C)C(N)O. The van der Waals surface area contributed by atoms with Crippen LogP contribution in [-0.4, -0.2) is 22.9 Å². The Bertz CT molecular complexity index is 208. The number of hydrogen-bond acceptors (Lipinski definition) is 4. The van der Waals surface area contributed by atoms with Gasteiger partial charge in [0.2, 0.25) is 0 Å². The first-order valence-corrected chi connectivity index (χ1v) is 4.80. The van der Waals surface area contributed by atoms with Crippen molar-refractivity contribution in [2.75, 3.05) is 0 Å². The molecule has 4 nitrogen and oxygen atoms in total. The lowest BCUT2D eigenvalue weighted by atomic mass is 9.85. The lowest BCUT2D eigenvalue weighted by Gasteiger charge is -2.32. The highest BCUT2D eigenvalue weighted by Crippen LogP contribution is 2.27. The van der Waals surface area contributed by atoms with Crippen LogP contribution in [0.5, 0.6) is 0 Å². The molecule has 0 spiro atoms. The van der Waals surface area contributed by atoms with E-state index in [1.807, 2.05) is 0 Å². The maximum Gasteiger partial charge on any atom is 0.316 e. The Morgan fingerprint density at radius 1 is 1.43 bits per heavy atom. The first-order valence-electron chi connectivity index (χ1n) is 4.80. The zero-order valence-corrected chi connectivity index (χ0v) is 9.63. The second kappa shape index (κ2) is 4.28. The van der Waals surface area contributed by atoms with Crippen molar-refractivity contribution in [3.63, 3.8) is 0 Å². The standard InChI is InChI=1S/C10H21NO3/c1-6-10(5,7(11)12)8(13)14-9(2,3)4/h7,12H,6,11H2,1-5H3. The Labute approximate surface area is 85.4 Å². The molecule has 0 aliphatic rings. The predicted molar refractivity (Wildman–Crippen MR) is 54.4 cm³/mol. The van der Waals surface area contributed by atoms with E-state index in [1.165, 1.54) is 0 Å². The summed E-state index contributed by atoms with van der Waals surface area (Å²) in [7, 11) is 0. The highest BCUT2D eigenvalue weighted by Gasteiger charge is 2.40. The number of esters is 1. The van der Waals surface area contributed by atoms with Gasteiger partial charge in [0, 0.05) is 0 Å². The first-order chi connectivity index (χ1) is 6.13. The molecule has 0 amide bonds. The molecule has 0 saturated heterocycles. The fraction of sp³-hybridized carbons (Fsp3) is 0.900. The number of aliphatic hydroxyl groups excluding tert-OH is 1. The Morgan fingerprint density at radius 2 is 1.86 bits per heavy atom. The minimum atomic E-state index is -1.19. The molecular formula is C10H21NO3. The molecule has 84 valence electrons. The van der Waals surface area contributed by atoms with Crippen LogP contribution >= 0.6 is 0 Å². The topological polar surface area (TPSA) is 72.5 Å². The van der Waals surface area contributed by atoms with Gasteiger partial charge >= 0.3 is 5.97 Å². The lowest BCUT2D eigenvalue weighted by molar-refractivity contribution is -0.173. The number of nitrogens with two attached hydrogens (primary N) is 1. The van der Waals surface area contributed by atoms with Crippen molar-refractivity contribution in [2.45, 2.75) is 52.9 Å². The summed E-state index contributed by atoms with van der Waals surface area (Å²) in [4.78, 5) is 11.7. The van der Waals surface area contributed by atoms with E-state index in [0.29, 0.717) is 6.42 Å². The van der Waals surface area contributed by atoms with E-state index in [2.05, 4.69) is 0 Å². The van der Waals surface area contributed by atoms with Gasteiger partial charge in [-0.15, -0.1) is 0 Å². The van der Waals surface area contributed by atoms with E-state index in [1.54, 1.807) is 34.6 Å². The Kier molecular flexibility index (Phi) is 4.09. The number of aliphatic hydroxyl groups is 1. The third-order valence-corrected chi connectivity index (χ3v) is 2.25. The van der Waals surface area contributed by atoms with Crippen LogP contribution in [0.4, 0.5) is 0 Å². The average Bonchev–Trinajstić information content (AvgIpc) is 1.99. The number of carbonyl (C=O) groups excluding carboxylic acids is 1. The maximum absolute atomic E-state index is 11.7. The van der Waals surface area contributed by atoms with Crippen LogP contribution in [0.15, 0.2) is 0 Å². The fourth-order valence-corrected chi connectivity index (χ4v) is 0.869. The summed E-state index contributed by atoms with van der Waals surface area (Å²) >= 11 is 0. The summed E-state index contributed by atoms with van der Waals surface area (Å²) in [5.74, 6) is -0.456. The van der Waals surface area contributed by atoms with Gasteiger partial charge in [-0.2, -0.15) is 0 Å². The monoisotopic (exact) mass is 203 g/mol. The first kappa shape index (κ1) is 13.4. The molecule has 0 rings (SSSR count). The molecular weight excluding hydrogens is 182 g/mol. The summed E-state index contributed by atoms with van der Waals surface area (Å²) in [6.45, 7) is 8.74. The van der Waals surface area contributed by atoms with Crippen molar-refractivity contribution in [1.29, 1.82) is 0 Å². The molecule has 2 atom stereocenters. The van der Waals surface area contributed by atoms with Gasteiger partial charge in [0.15, 0.2) is 0 Å². The molecule has 0 heterocycles. The van der Waals surface area contributed by atoms with Gasteiger partial charge in [-0.05, 0) is 34.1 Å². The average molecular weight is 203 g/mol. The van der Waals surface area contributed by atoms with E-state index in [-0.39, 0.29) is 0 Å². The van der Waals surface area contributed by atoms with E-state index >= 15 is 0 Å². The molecule has 0 saturated carbocycles. The van der Waals surface area contributed by atoms with Crippen LogP contribution in [0.25, 0.3) is 0 Å². The van der Waals surface area contributed by atoms with Crippen LogP contribution in [0.1, 0.15) is 41.0 Å². The van der Waals surface area contributed by atoms with Gasteiger partial charge in [0.25, 0.3) is 0 Å². The normalized spacial score (nSPS) is 18.5. The zero-order chi connectivity index (χ0) is 11.6. The highest BCUT2D eigenvalue weighted by molar-refractivity contribution is 5.77. The number of carbonyl (C=O) groups is 1. The Morgan fingerprint density at radius 3 is 2.07 bits per heavy atom. The van der Waals surface area contributed by atoms with Crippen LogP contribution in [-0.2, 0) is 9.53 Å². The minimum Gasteiger partial charge on any atom is -0.459 e. The third kappa shape index (κ3) is 3.27. The van der Waals surface area contributed by atoms with E-state index in [0.717, 1.165) is 0 Å². The molecule has 0 aliphatic carbocycles. The molecule has 0 aliphatic heterocycles. The largest absolute Gasteiger partial charge is 0.459 e. The second-order valence-electron chi connectivity index (χ2n) is 4.72. The molecule has 14 heavy (non-hydrogen) atoms. The quantitative estimate of drug-likeness (QED) is 0.530. The Balaban J connectivity index is 4.64. The number of ether oxygens (including phenoxy) is 1. The second-order valence-corrected chi connectivity index (χ2v) is 4.72. The summed E-state index contributed by atoms with van der Waals surface area (Å²) in [6, 6.07) is 0. The number of hydrogen-bond donors (Lipinski definition) is 2. The molecule has 4 heteroatoms. The smallest absolute Gasteiger partial charge is 0.316 e. The van der Waals surface area contributed by atoms with Crippen molar-refractivity contribution < 1.29 is 14.6 Å². The Hall–Kier alpha value is -0.610. The van der Waals surface area contributed by atoms with Gasteiger partial charge in [-0.1, -0.05) is 6.92 Å². The van der Waals surface area contributed by atoms with Crippen LogP contribution in [0, 0.1) is 5.41 Å². The van der Waals surface area contributed by atoms with Crippen molar-refractivity contribution in [2.24, 2.45) is 11.1 Å². The zero-order valence-electron chi connectivity index (χ0n) is 9.63. The minimum absolute atomic E-state index is 0.444. The summed E-state index contributed by atoms with van der Waals surface area (Å²) in [5, 5.41) is 9.32. The van der Waals surface area contributed by atoms with Crippen LogP contribution < -0.4 is 5.73 Å².